The van der Waals surface area contributed by atoms with Gasteiger partial charge in [-0.25, -0.2) is 13.4 Å². The Morgan fingerprint density at radius 1 is 1.19 bits per heavy atom. The summed E-state index contributed by atoms with van der Waals surface area (Å²) in [6, 6.07) is 5.22. The van der Waals surface area contributed by atoms with Crippen LogP contribution in [-0.2, 0) is 33.1 Å². The van der Waals surface area contributed by atoms with E-state index in [2.05, 4.69) is 9.67 Å². The molecule has 2 aliphatic rings. The van der Waals surface area contributed by atoms with Crippen LogP contribution in [0.1, 0.15) is 18.5 Å². The minimum absolute atomic E-state index is 0.130. The molecule has 1 aromatic carbocycles. The normalized spacial score (nSPS) is 20.6. The summed E-state index contributed by atoms with van der Waals surface area (Å²) in [7, 11) is -1.70. The molecule has 0 spiro atoms. The van der Waals surface area contributed by atoms with Crippen molar-refractivity contribution in [1.29, 1.82) is 0 Å². The van der Waals surface area contributed by atoms with Gasteiger partial charge in [-0.3, -0.25) is 4.68 Å². The third-order valence-corrected chi connectivity index (χ3v) is 7.89. The van der Waals surface area contributed by atoms with Crippen LogP contribution in [-0.4, -0.2) is 71.1 Å². The molecule has 2 aromatic heterocycles. The maximum atomic E-state index is 13.1. The molecular formula is C21H27N5O4S. The summed E-state index contributed by atoms with van der Waals surface area (Å²) in [4.78, 5) is 5.13. The molecule has 4 heterocycles. The molecule has 2 aliphatic heterocycles. The van der Waals surface area contributed by atoms with E-state index in [1.807, 2.05) is 26.2 Å². The number of rotatable bonds is 5. The molecule has 0 amide bonds. The van der Waals surface area contributed by atoms with Crippen LogP contribution in [0.5, 0.6) is 0 Å². The Morgan fingerprint density at radius 3 is 2.68 bits per heavy atom. The lowest BCUT2D eigenvalue weighted by Gasteiger charge is -2.26. The summed E-state index contributed by atoms with van der Waals surface area (Å²) >= 11 is 0. The number of hydrogen-bond donors (Lipinski definition) is 0. The molecule has 0 radical (unpaired) electrons. The third-order valence-electron chi connectivity index (χ3n) is 5.99. The highest BCUT2D eigenvalue weighted by molar-refractivity contribution is 7.89. The Hall–Kier alpha value is -2.27. The number of hydrogen-bond acceptors (Lipinski definition) is 6. The zero-order valence-electron chi connectivity index (χ0n) is 17.8. The smallest absolute Gasteiger partial charge is 0.243 e. The molecule has 0 saturated carbocycles. The van der Waals surface area contributed by atoms with Gasteiger partial charge in [-0.2, -0.15) is 9.40 Å². The van der Waals surface area contributed by atoms with Crippen molar-refractivity contribution < 1.29 is 17.9 Å². The second-order valence-electron chi connectivity index (χ2n) is 8.15. The van der Waals surface area contributed by atoms with Gasteiger partial charge in [-0.1, -0.05) is 0 Å². The van der Waals surface area contributed by atoms with Gasteiger partial charge < -0.3 is 14.0 Å². The molecular weight excluding hydrogens is 418 g/mol. The number of nitrogens with zero attached hydrogens (tertiary/aromatic N) is 5. The molecule has 2 fully saturated rings. The van der Waals surface area contributed by atoms with E-state index in [0.717, 1.165) is 42.0 Å². The standard InChI is InChI=1S/C21H27N5O4S/c1-15-18(14-24(2)23-15)21-22-19-12-17(31(27,28)25-7-10-29-11-8-25)5-6-20(19)26(21)13-16-4-3-9-30-16/h5-6,12,14,16H,3-4,7-11,13H2,1-2H3/t16-/m0/s1. The van der Waals surface area contributed by atoms with Crippen molar-refractivity contribution in [3.63, 3.8) is 0 Å². The molecule has 0 aliphatic carbocycles. The lowest BCUT2D eigenvalue weighted by molar-refractivity contribution is 0.0730. The number of morpholine rings is 1. The van der Waals surface area contributed by atoms with E-state index in [4.69, 9.17) is 14.5 Å². The Balaban J connectivity index is 1.61. The second-order valence-corrected chi connectivity index (χ2v) is 10.1. The van der Waals surface area contributed by atoms with E-state index in [0.29, 0.717) is 38.4 Å². The van der Waals surface area contributed by atoms with Gasteiger partial charge in [0.15, 0.2) is 0 Å². The first-order valence-electron chi connectivity index (χ1n) is 10.6. The zero-order chi connectivity index (χ0) is 21.6. The van der Waals surface area contributed by atoms with Crippen LogP contribution in [0.15, 0.2) is 29.3 Å². The molecule has 3 aromatic rings. The summed E-state index contributed by atoms with van der Waals surface area (Å²) in [6.45, 7) is 4.99. The molecule has 0 N–H and O–H groups in total. The molecule has 5 rings (SSSR count). The van der Waals surface area contributed by atoms with Crippen molar-refractivity contribution in [2.24, 2.45) is 7.05 Å². The predicted octanol–water partition coefficient (Wildman–Crippen LogP) is 1.95. The Labute approximate surface area is 181 Å². The van der Waals surface area contributed by atoms with Crippen LogP contribution in [0.2, 0.25) is 0 Å². The van der Waals surface area contributed by atoms with E-state index in [9.17, 15) is 8.42 Å². The average Bonchev–Trinajstić information content (AvgIpc) is 3.48. The molecule has 9 nitrogen and oxygen atoms in total. The number of fused-ring (bicyclic) bond motifs is 1. The fourth-order valence-corrected chi connectivity index (χ4v) is 5.84. The quantitative estimate of drug-likeness (QED) is 0.596. The molecule has 2 saturated heterocycles. The maximum Gasteiger partial charge on any atom is 0.243 e. The molecule has 166 valence electrons. The van der Waals surface area contributed by atoms with Crippen molar-refractivity contribution in [3.8, 4) is 11.4 Å². The molecule has 31 heavy (non-hydrogen) atoms. The summed E-state index contributed by atoms with van der Waals surface area (Å²) in [5.41, 5.74) is 3.38. The van der Waals surface area contributed by atoms with Gasteiger partial charge in [0.25, 0.3) is 0 Å². The molecule has 0 bridgehead atoms. The number of benzene rings is 1. The summed E-state index contributed by atoms with van der Waals surface area (Å²) < 4.78 is 42.8. The minimum Gasteiger partial charge on any atom is -0.379 e. The van der Waals surface area contributed by atoms with Gasteiger partial charge in [-0.05, 0) is 38.0 Å². The van der Waals surface area contributed by atoms with Gasteiger partial charge in [0, 0.05) is 32.9 Å². The van der Waals surface area contributed by atoms with Crippen molar-refractivity contribution in [3.05, 3.63) is 30.1 Å². The van der Waals surface area contributed by atoms with Gasteiger partial charge in [-0.15, -0.1) is 0 Å². The van der Waals surface area contributed by atoms with E-state index in [1.165, 1.54) is 4.31 Å². The van der Waals surface area contributed by atoms with Gasteiger partial charge in [0.1, 0.15) is 5.82 Å². The largest absolute Gasteiger partial charge is 0.379 e. The van der Waals surface area contributed by atoms with E-state index < -0.39 is 10.0 Å². The van der Waals surface area contributed by atoms with Gasteiger partial charge in [0.2, 0.25) is 10.0 Å². The Kier molecular flexibility index (Phi) is 5.33. The highest BCUT2D eigenvalue weighted by Gasteiger charge is 2.28. The van der Waals surface area contributed by atoms with Crippen molar-refractivity contribution in [2.45, 2.75) is 37.3 Å². The van der Waals surface area contributed by atoms with Crippen LogP contribution in [0.4, 0.5) is 0 Å². The number of aromatic nitrogens is 4. The van der Waals surface area contributed by atoms with Crippen LogP contribution in [0.25, 0.3) is 22.4 Å². The predicted molar refractivity (Wildman–Crippen MR) is 115 cm³/mol. The fourth-order valence-electron chi connectivity index (χ4n) is 4.41. The summed E-state index contributed by atoms with van der Waals surface area (Å²) in [5.74, 6) is 0.789. The average molecular weight is 446 g/mol. The Bertz CT molecular complexity index is 1200. The van der Waals surface area contributed by atoms with Crippen LogP contribution in [0, 0.1) is 6.92 Å². The fraction of sp³-hybridized carbons (Fsp3) is 0.524. The topological polar surface area (TPSA) is 91.5 Å². The number of aryl methyl sites for hydroxylation is 2. The van der Waals surface area contributed by atoms with Crippen LogP contribution >= 0.6 is 0 Å². The SMILES string of the molecule is Cc1nn(C)cc1-c1nc2cc(S(=O)(=O)N3CCOCC3)ccc2n1C[C@@H]1CCCO1. The molecule has 0 unspecified atom stereocenters. The highest BCUT2D eigenvalue weighted by Crippen LogP contribution is 2.30. The first-order valence-corrected chi connectivity index (χ1v) is 12.1. The summed E-state index contributed by atoms with van der Waals surface area (Å²) in [6.07, 6.45) is 4.15. The minimum atomic E-state index is -3.59. The van der Waals surface area contributed by atoms with Gasteiger partial charge >= 0.3 is 0 Å². The molecule has 1 atom stereocenters. The third kappa shape index (κ3) is 3.78. The first-order chi connectivity index (χ1) is 14.9. The molecule has 10 heteroatoms. The first kappa shape index (κ1) is 20.6. The zero-order valence-corrected chi connectivity index (χ0v) is 18.6. The number of imidazole rings is 1. The second kappa shape index (κ2) is 8.01. The Morgan fingerprint density at radius 2 is 2.00 bits per heavy atom. The summed E-state index contributed by atoms with van der Waals surface area (Å²) in [5, 5.41) is 4.47. The maximum absolute atomic E-state index is 13.1. The number of sulfonamides is 1. The van der Waals surface area contributed by atoms with Crippen molar-refractivity contribution in [1.82, 2.24) is 23.6 Å². The highest BCUT2D eigenvalue weighted by atomic mass is 32.2. The monoisotopic (exact) mass is 445 g/mol. The number of ether oxygens (including phenoxy) is 2. The van der Waals surface area contributed by atoms with Crippen LogP contribution in [0.3, 0.4) is 0 Å². The van der Waals surface area contributed by atoms with Crippen molar-refractivity contribution >= 4 is 21.1 Å². The van der Waals surface area contributed by atoms with E-state index in [1.54, 1.807) is 16.8 Å². The lowest BCUT2D eigenvalue weighted by Crippen LogP contribution is -2.40. The lowest BCUT2D eigenvalue weighted by atomic mass is 10.2. The van der Waals surface area contributed by atoms with E-state index in [-0.39, 0.29) is 11.0 Å². The van der Waals surface area contributed by atoms with E-state index >= 15 is 0 Å². The van der Waals surface area contributed by atoms with Crippen molar-refractivity contribution in [2.75, 3.05) is 32.9 Å². The van der Waals surface area contributed by atoms with Crippen LogP contribution < -0.4 is 0 Å². The van der Waals surface area contributed by atoms with Gasteiger partial charge in [0.05, 0.1) is 53.0 Å².